The summed E-state index contributed by atoms with van der Waals surface area (Å²) in [5, 5.41) is 5.00. The molecule has 1 aliphatic carbocycles. The van der Waals surface area contributed by atoms with E-state index in [2.05, 4.69) is 26.1 Å². The highest BCUT2D eigenvalue weighted by atomic mass is 35.5. The second-order valence-electron chi connectivity index (χ2n) is 7.01. The maximum absolute atomic E-state index is 6.24. The molecule has 0 saturated heterocycles. The minimum atomic E-state index is 0.414. The van der Waals surface area contributed by atoms with E-state index in [-0.39, 0.29) is 0 Å². The van der Waals surface area contributed by atoms with Gasteiger partial charge in [-0.3, -0.25) is 0 Å². The molecular weight excluding hydrogens is 289 g/mol. The lowest BCUT2D eigenvalue weighted by Crippen LogP contribution is -2.21. The molecule has 2 unspecified atom stereocenters. The molecule has 1 nitrogen and oxygen atoms in total. The van der Waals surface area contributed by atoms with Crippen LogP contribution in [-0.4, -0.2) is 6.04 Å². The number of hydrogen-bond donors (Lipinski definition) is 1. The van der Waals surface area contributed by atoms with Crippen molar-refractivity contribution in [3.63, 3.8) is 0 Å². The van der Waals surface area contributed by atoms with Crippen LogP contribution >= 0.6 is 23.2 Å². The Kier molecular flexibility index (Phi) is 5.25. The first-order valence-corrected chi connectivity index (χ1v) is 8.34. The lowest BCUT2D eigenvalue weighted by Gasteiger charge is -2.29. The van der Waals surface area contributed by atoms with Crippen LogP contribution in [0.25, 0.3) is 0 Å². The van der Waals surface area contributed by atoms with E-state index in [4.69, 9.17) is 23.2 Å². The zero-order valence-corrected chi connectivity index (χ0v) is 14.2. The number of anilines is 1. The number of nitrogens with one attached hydrogen (secondary N) is 1. The second-order valence-corrected chi connectivity index (χ2v) is 7.82. The summed E-state index contributed by atoms with van der Waals surface area (Å²) >= 11 is 12.5. The molecule has 0 radical (unpaired) electrons. The molecule has 1 aromatic carbocycles. The smallest absolute Gasteiger partial charge is 0.0721 e. The van der Waals surface area contributed by atoms with Crippen LogP contribution < -0.4 is 5.32 Å². The van der Waals surface area contributed by atoms with Gasteiger partial charge in [-0.05, 0) is 49.1 Å². The summed E-state index contributed by atoms with van der Waals surface area (Å²) in [4.78, 5) is 0. The summed E-state index contributed by atoms with van der Waals surface area (Å²) in [6.07, 6.45) is 6.29. The molecule has 0 spiro atoms. The van der Waals surface area contributed by atoms with Crippen LogP contribution in [0.2, 0.25) is 10.0 Å². The fraction of sp³-hybridized carbons (Fsp3) is 0.647. The molecule has 0 aromatic heterocycles. The van der Waals surface area contributed by atoms with E-state index in [0.717, 1.165) is 11.6 Å². The minimum Gasteiger partial charge on any atom is -0.380 e. The Bertz CT molecular complexity index is 431. The third kappa shape index (κ3) is 4.05. The number of rotatable bonds is 2. The first-order chi connectivity index (χ1) is 9.38. The summed E-state index contributed by atoms with van der Waals surface area (Å²) in [6.45, 7) is 7.07. The molecule has 3 heteroatoms. The van der Waals surface area contributed by atoms with E-state index in [1.54, 1.807) is 0 Å². The summed E-state index contributed by atoms with van der Waals surface area (Å²) < 4.78 is 0. The van der Waals surface area contributed by atoms with Gasteiger partial charge in [0, 0.05) is 6.04 Å². The lowest BCUT2D eigenvalue weighted by atomic mass is 9.76. The van der Waals surface area contributed by atoms with Crippen molar-refractivity contribution in [2.24, 2.45) is 11.3 Å². The highest BCUT2D eigenvalue weighted by molar-refractivity contribution is 6.39. The molecule has 0 heterocycles. The van der Waals surface area contributed by atoms with Crippen molar-refractivity contribution in [3.05, 3.63) is 28.2 Å². The third-order valence-electron chi connectivity index (χ3n) is 4.50. The molecule has 1 saturated carbocycles. The van der Waals surface area contributed by atoms with Crippen LogP contribution in [-0.2, 0) is 0 Å². The molecule has 20 heavy (non-hydrogen) atoms. The normalized spacial score (nSPS) is 24.2. The van der Waals surface area contributed by atoms with Gasteiger partial charge in [0.2, 0.25) is 0 Å². The Balaban J connectivity index is 2.01. The van der Waals surface area contributed by atoms with E-state index in [9.17, 15) is 0 Å². The standard InChI is InChI=1S/C17H25Cl2N/c1-17(2,3)12-6-4-7-13(11-10-12)20-16-14(18)8-5-9-15(16)19/h5,8-9,12-13,20H,4,6-7,10-11H2,1-3H3. The van der Waals surface area contributed by atoms with Crippen LogP contribution in [0.5, 0.6) is 0 Å². The second kappa shape index (κ2) is 6.58. The van der Waals surface area contributed by atoms with Crippen LogP contribution in [0.15, 0.2) is 18.2 Å². The first kappa shape index (κ1) is 16.0. The Morgan fingerprint density at radius 1 is 1.00 bits per heavy atom. The summed E-state index contributed by atoms with van der Waals surface area (Å²) in [7, 11) is 0. The highest BCUT2D eigenvalue weighted by Crippen LogP contribution is 2.38. The number of hydrogen-bond acceptors (Lipinski definition) is 1. The zero-order chi connectivity index (χ0) is 14.8. The van der Waals surface area contributed by atoms with E-state index >= 15 is 0 Å². The molecule has 0 aliphatic heterocycles. The number of halogens is 2. The molecule has 1 fully saturated rings. The maximum atomic E-state index is 6.24. The monoisotopic (exact) mass is 313 g/mol. The van der Waals surface area contributed by atoms with Crippen molar-refractivity contribution in [1.29, 1.82) is 0 Å². The van der Waals surface area contributed by atoms with Crippen molar-refractivity contribution in [1.82, 2.24) is 0 Å². The van der Waals surface area contributed by atoms with E-state index in [1.807, 2.05) is 18.2 Å². The first-order valence-electron chi connectivity index (χ1n) is 7.58. The third-order valence-corrected chi connectivity index (χ3v) is 5.13. The predicted octanol–water partition coefficient (Wildman–Crippen LogP) is 6.40. The summed E-state index contributed by atoms with van der Waals surface area (Å²) in [5.41, 5.74) is 1.31. The predicted molar refractivity (Wildman–Crippen MR) is 89.9 cm³/mol. The summed E-state index contributed by atoms with van der Waals surface area (Å²) in [6, 6.07) is 6.16. The SMILES string of the molecule is CC(C)(C)C1CCCC(Nc2c(Cl)cccc2Cl)CC1. The fourth-order valence-electron chi connectivity index (χ4n) is 3.15. The van der Waals surface area contributed by atoms with Crippen molar-refractivity contribution >= 4 is 28.9 Å². The topological polar surface area (TPSA) is 12.0 Å². The highest BCUT2D eigenvalue weighted by Gasteiger charge is 2.28. The Morgan fingerprint density at radius 3 is 2.25 bits per heavy atom. The largest absolute Gasteiger partial charge is 0.380 e. The average Bonchev–Trinajstić information content (AvgIpc) is 2.59. The van der Waals surface area contributed by atoms with E-state index < -0.39 is 0 Å². The van der Waals surface area contributed by atoms with Gasteiger partial charge in [0.25, 0.3) is 0 Å². The molecule has 1 N–H and O–H groups in total. The fourth-order valence-corrected chi connectivity index (χ4v) is 3.66. The molecule has 1 aromatic rings. The Morgan fingerprint density at radius 2 is 1.65 bits per heavy atom. The van der Waals surface area contributed by atoms with Crippen molar-refractivity contribution in [2.75, 3.05) is 5.32 Å². The van der Waals surface area contributed by atoms with Gasteiger partial charge < -0.3 is 5.32 Å². The van der Waals surface area contributed by atoms with Crippen LogP contribution in [0, 0.1) is 11.3 Å². The molecule has 1 aliphatic rings. The van der Waals surface area contributed by atoms with Crippen LogP contribution in [0.4, 0.5) is 5.69 Å². The molecule has 0 bridgehead atoms. The van der Waals surface area contributed by atoms with Gasteiger partial charge in [0.1, 0.15) is 0 Å². The molecule has 0 amide bonds. The van der Waals surface area contributed by atoms with Crippen LogP contribution in [0.1, 0.15) is 52.9 Å². The van der Waals surface area contributed by atoms with Crippen LogP contribution in [0.3, 0.4) is 0 Å². The zero-order valence-electron chi connectivity index (χ0n) is 12.7. The molecule has 112 valence electrons. The van der Waals surface area contributed by atoms with Gasteiger partial charge in [-0.25, -0.2) is 0 Å². The number of benzene rings is 1. The Hall–Kier alpha value is -0.400. The van der Waals surface area contributed by atoms with Crippen molar-refractivity contribution in [2.45, 2.75) is 58.9 Å². The van der Waals surface area contributed by atoms with E-state index in [1.165, 1.54) is 32.1 Å². The molecule has 2 rings (SSSR count). The lowest BCUT2D eigenvalue weighted by molar-refractivity contribution is 0.214. The Labute approximate surface area is 133 Å². The minimum absolute atomic E-state index is 0.414. The van der Waals surface area contributed by atoms with Gasteiger partial charge in [0.05, 0.1) is 15.7 Å². The summed E-state index contributed by atoms with van der Waals surface area (Å²) in [5.74, 6) is 0.816. The van der Waals surface area contributed by atoms with Crippen molar-refractivity contribution < 1.29 is 0 Å². The van der Waals surface area contributed by atoms with Gasteiger partial charge in [-0.1, -0.05) is 56.5 Å². The molecular formula is C17H25Cl2N. The van der Waals surface area contributed by atoms with E-state index in [0.29, 0.717) is 21.5 Å². The maximum Gasteiger partial charge on any atom is 0.0721 e. The van der Waals surface area contributed by atoms with Gasteiger partial charge in [-0.2, -0.15) is 0 Å². The van der Waals surface area contributed by atoms with Gasteiger partial charge in [-0.15, -0.1) is 0 Å². The van der Waals surface area contributed by atoms with Gasteiger partial charge >= 0.3 is 0 Å². The van der Waals surface area contributed by atoms with Crippen molar-refractivity contribution in [3.8, 4) is 0 Å². The number of para-hydroxylation sites is 1. The molecule has 2 atom stereocenters. The van der Waals surface area contributed by atoms with Gasteiger partial charge in [0.15, 0.2) is 0 Å². The average molecular weight is 314 g/mol. The quantitative estimate of drug-likeness (QED) is 0.623.